The molecule has 8 unspecified atom stereocenters. The van der Waals surface area contributed by atoms with Gasteiger partial charge in [-0.2, -0.15) is 0 Å². The summed E-state index contributed by atoms with van der Waals surface area (Å²) in [6, 6.07) is 0. The topological polar surface area (TPSA) is 281 Å². The summed E-state index contributed by atoms with van der Waals surface area (Å²) in [5, 5.41) is 54.9. The van der Waals surface area contributed by atoms with E-state index in [2.05, 4.69) is 86.6 Å². The van der Waals surface area contributed by atoms with Crippen molar-refractivity contribution in [1.29, 1.82) is 0 Å². The number of rotatable bonds is 4. The van der Waals surface area contributed by atoms with Gasteiger partial charge in [-0.1, -0.05) is 123 Å². The van der Waals surface area contributed by atoms with Crippen LogP contribution in [0, 0.1) is 88.7 Å². The van der Waals surface area contributed by atoms with Crippen LogP contribution in [0.1, 0.15) is 262 Å². The summed E-state index contributed by atoms with van der Waals surface area (Å²) >= 11 is 0. The molecule has 0 aromatic rings. The van der Waals surface area contributed by atoms with E-state index >= 15 is 0 Å². The minimum atomic E-state index is -1.23. The van der Waals surface area contributed by atoms with Gasteiger partial charge in [-0.05, 0) is 248 Å². The molecule has 0 radical (unpaired) electrons. The Labute approximate surface area is 652 Å². The quantitative estimate of drug-likeness (QED) is 0.164. The molecule has 0 bridgehead atoms. The molecular formula is C95H114O16. The molecule has 16 heteroatoms. The Morgan fingerprint density at radius 1 is 0.360 bits per heavy atom. The number of esters is 1. The zero-order chi connectivity index (χ0) is 79.2. The number of hydrogen-bond donors (Lipinski definition) is 5. The Morgan fingerprint density at radius 2 is 0.622 bits per heavy atom. The number of aliphatic hydroxyl groups excluding tert-OH is 4. The molecule has 16 nitrogen and oxygen atoms in total. The van der Waals surface area contributed by atoms with Crippen molar-refractivity contribution in [3.05, 3.63) is 138 Å². The molecule has 5 N–H and O–H groups in total. The zero-order valence-corrected chi connectivity index (χ0v) is 67.2. The summed E-state index contributed by atoms with van der Waals surface area (Å²) in [4.78, 5) is 127. The molecule has 590 valence electrons. The van der Waals surface area contributed by atoms with Gasteiger partial charge in [0.2, 0.25) is 0 Å². The minimum Gasteiger partial charge on any atom is -0.481 e. The molecule has 0 aromatic heterocycles. The SMILES string of the molecule is CC12CCC(=O)C=C1[C@@H](O)[C@@H](C(=O)O)C1=C2CCC23C(=O)CC[C@]2(C)CC=C13.CCCOC(=O)[C@H]1C2=C(CCC34C(=O)CC[C@]3(C)CC=C24)C2(C)CCC(=O)C=C2[C@H]1O.C[C@H]1C2=C(CCC34C(=O)CC[C@]3(C)CC=C24)C2(C)CCC(=O)C=C2[C@H]1O.C[C@H]1C2=C(CCC34C(=O)CC[C@]3(C)CC=C24)C2(C)CCC(=O)C=C2[C@H]1O. The van der Waals surface area contributed by atoms with E-state index in [0.717, 1.165) is 142 Å². The monoisotopic (exact) mass is 1510 g/mol. The van der Waals surface area contributed by atoms with Gasteiger partial charge in [-0.15, -0.1) is 0 Å². The second-order valence-corrected chi connectivity index (χ2v) is 39.8. The van der Waals surface area contributed by atoms with Crippen molar-refractivity contribution in [3.8, 4) is 0 Å². The molecule has 4 spiro atoms. The largest absolute Gasteiger partial charge is 0.481 e. The fourth-order valence-corrected chi connectivity index (χ4v) is 28.7. The van der Waals surface area contributed by atoms with Gasteiger partial charge in [-0.25, -0.2) is 0 Å². The van der Waals surface area contributed by atoms with Gasteiger partial charge in [0.25, 0.3) is 0 Å². The molecular weight excluding hydrogens is 1400 g/mol. The number of aliphatic hydroxyl groups is 4. The summed E-state index contributed by atoms with van der Waals surface area (Å²) in [7, 11) is 0. The Balaban J connectivity index is 0.000000108. The van der Waals surface area contributed by atoms with Crippen LogP contribution in [0.15, 0.2) is 138 Å². The van der Waals surface area contributed by atoms with Crippen molar-refractivity contribution >= 4 is 58.2 Å². The third-order valence-corrected chi connectivity index (χ3v) is 35.3. The molecule has 20 rings (SSSR count). The number of carbonyl (C=O) groups excluding carboxylic acids is 9. The van der Waals surface area contributed by atoms with Gasteiger partial charge in [0.1, 0.15) is 35.0 Å². The van der Waals surface area contributed by atoms with E-state index in [1.165, 1.54) is 39.5 Å². The number of carbonyl (C=O) groups is 10. The number of hydrogen-bond acceptors (Lipinski definition) is 15. The van der Waals surface area contributed by atoms with E-state index in [1.807, 2.05) is 13.8 Å². The van der Waals surface area contributed by atoms with Gasteiger partial charge in [0.15, 0.2) is 23.1 Å². The van der Waals surface area contributed by atoms with E-state index in [9.17, 15) is 73.5 Å². The molecule has 0 amide bonds. The van der Waals surface area contributed by atoms with Crippen LogP contribution in [0.5, 0.6) is 0 Å². The number of allylic oxidation sites excluding steroid dienone is 16. The number of fused-ring (bicyclic) bond motifs is 12. The lowest BCUT2D eigenvalue weighted by molar-refractivity contribution is -0.151. The predicted molar refractivity (Wildman–Crippen MR) is 415 cm³/mol. The molecule has 4 saturated carbocycles. The standard InChI is InChI=1S/C26H32O5.C23H26O5.2C23H28O3/c1-4-13-31-23(30)21-20-16(25(3)11-5-15(27)14-18(25)22(21)29)7-12-26-17(20)6-9-24(26,2)10-8-19(26)28;1-21-7-4-14-17-13(5-10-23(14,21)16(25)6-8-21)22(2)9-3-12(24)11-15(22)19(26)18(17)20(27)28;2*1-13-19-15(22(3)10-4-14(24)12-17(22)20(13)26)6-11-23-16(19)5-8-21(23,2)9-7-18(23)25/h6,14,21-22,29H,4-5,7-13H2,1-3H3;4,11,18-19,26H,3,5-10H2,1-2H3,(H,27,28);2*5,12-13,20,26H,4,6-11H2,1-3H3/t21-,22+,24-,25?,26?;18-,19+,21-,22?,23?;2*13-,20-,21-,22?,23?/m0000/s1. The molecule has 0 aromatic carbocycles. The maximum Gasteiger partial charge on any atom is 0.316 e. The van der Waals surface area contributed by atoms with Crippen LogP contribution >= 0.6 is 0 Å². The predicted octanol–water partition coefficient (Wildman–Crippen LogP) is 15.3. The summed E-state index contributed by atoms with van der Waals surface area (Å²) in [6.07, 6.45) is 33.5. The van der Waals surface area contributed by atoms with Gasteiger partial charge < -0.3 is 30.3 Å². The lowest BCUT2D eigenvalue weighted by atomic mass is 9.50. The fourth-order valence-electron chi connectivity index (χ4n) is 28.7. The van der Waals surface area contributed by atoms with Crippen LogP contribution in [0.3, 0.4) is 0 Å². The van der Waals surface area contributed by atoms with Crippen molar-refractivity contribution in [3.63, 3.8) is 0 Å². The van der Waals surface area contributed by atoms with E-state index in [-0.39, 0.29) is 89.9 Å². The smallest absolute Gasteiger partial charge is 0.316 e. The lowest BCUT2D eigenvalue weighted by Gasteiger charge is -2.53. The first-order valence-electron chi connectivity index (χ1n) is 42.4. The second-order valence-electron chi connectivity index (χ2n) is 39.8. The number of aliphatic carboxylic acids is 1. The number of carboxylic acids is 1. The van der Waals surface area contributed by atoms with Crippen molar-refractivity contribution in [1.82, 2.24) is 0 Å². The summed E-state index contributed by atoms with van der Waals surface area (Å²) in [5.41, 5.74) is 13.1. The first-order chi connectivity index (χ1) is 52.3. The lowest BCUT2D eigenvalue weighted by Crippen LogP contribution is -2.51. The van der Waals surface area contributed by atoms with Crippen LogP contribution < -0.4 is 0 Å². The molecule has 0 heterocycles. The molecule has 0 saturated heterocycles. The number of Topliss-reactive ketones (excluding diaryl/α,β-unsaturated/α-hetero) is 4. The summed E-state index contributed by atoms with van der Waals surface area (Å²) < 4.78 is 5.54. The van der Waals surface area contributed by atoms with Gasteiger partial charge in [0, 0.05) is 84.9 Å². The minimum absolute atomic E-state index is 0.00200. The first-order valence-corrected chi connectivity index (χ1v) is 42.4. The Morgan fingerprint density at radius 3 is 0.910 bits per heavy atom. The number of ether oxygens (including phenoxy) is 1. The second kappa shape index (κ2) is 25.3. The van der Waals surface area contributed by atoms with Crippen LogP contribution in [-0.2, 0) is 52.7 Å². The fraction of sp³-hybridized carbons (Fsp3) is 0.642. The van der Waals surface area contributed by atoms with Gasteiger partial charge >= 0.3 is 11.9 Å². The third kappa shape index (κ3) is 9.71. The highest BCUT2D eigenvalue weighted by molar-refractivity contribution is 6.00. The summed E-state index contributed by atoms with van der Waals surface area (Å²) in [6.45, 7) is 23.9. The highest BCUT2D eigenvalue weighted by Crippen LogP contribution is 2.76. The maximum absolute atomic E-state index is 13.3. The van der Waals surface area contributed by atoms with Crippen LogP contribution in [0.4, 0.5) is 0 Å². The first kappa shape index (κ1) is 76.6. The molecule has 20 atom stereocenters. The number of carboxylic acid groups (broad SMARTS) is 1. The van der Waals surface area contributed by atoms with Gasteiger partial charge in [0.05, 0.1) is 52.7 Å². The van der Waals surface area contributed by atoms with Crippen LogP contribution in [-0.4, -0.2) is 115 Å². The molecule has 20 aliphatic carbocycles. The zero-order valence-electron chi connectivity index (χ0n) is 67.2. The van der Waals surface area contributed by atoms with Crippen molar-refractivity contribution in [2.75, 3.05) is 6.61 Å². The van der Waals surface area contributed by atoms with Crippen LogP contribution in [0.25, 0.3) is 0 Å². The normalized spacial score (nSPS) is 44.7. The Bertz CT molecular complexity index is 4650. The van der Waals surface area contributed by atoms with E-state index in [1.54, 1.807) is 18.2 Å². The highest BCUT2D eigenvalue weighted by Gasteiger charge is 2.71. The molecule has 111 heavy (non-hydrogen) atoms. The Kier molecular flexibility index (Phi) is 17.4. The maximum atomic E-state index is 13.3. The molecule has 20 aliphatic rings. The molecule has 4 fully saturated rings. The van der Waals surface area contributed by atoms with E-state index in [0.29, 0.717) is 118 Å². The van der Waals surface area contributed by atoms with E-state index < -0.39 is 69.9 Å². The van der Waals surface area contributed by atoms with Crippen molar-refractivity contribution in [2.45, 2.75) is 287 Å². The van der Waals surface area contributed by atoms with Crippen molar-refractivity contribution in [2.24, 2.45) is 88.7 Å². The average Bonchev–Trinajstić information content (AvgIpc) is 1.58. The molecule has 0 aliphatic heterocycles. The summed E-state index contributed by atoms with van der Waals surface area (Å²) in [5.74, 6) is -2.03. The van der Waals surface area contributed by atoms with E-state index in [4.69, 9.17) is 4.74 Å². The number of ketones is 8. The van der Waals surface area contributed by atoms with Crippen LogP contribution in [0.2, 0.25) is 0 Å². The third-order valence-electron chi connectivity index (χ3n) is 35.3. The van der Waals surface area contributed by atoms with Crippen molar-refractivity contribution < 1.29 is 78.2 Å². The Hall–Kier alpha value is -6.98. The highest BCUT2D eigenvalue weighted by atomic mass is 16.5. The van der Waals surface area contributed by atoms with Gasteiger partial charge in [-0.3, -0.25) is 47.9 Å². The average molecular weight is 1510 g/mol.